The molecule has 202 valence electrons. The Kier molecular flexibility index (Phi) is 7.64. The number of hydrogen-bond donors (Lipinski definition) is 2. The molecule has 4 aliphatic rings. The first-order chi connectivity index (χ1) is 16.3. The Balaban J connectivity index is 1.45. The zero-order chi connectivity index (χ0) is 25.8. The van der Waals surface area contributed by atoms with Crippen LogP contribution in [0.4, 0.5) is 0 Å². The molecule has 4 rings (SSSR count). The van der Waals surface area contributed by atoms with Crippen LogP contribution in [-0.2, 0) is 33.2 Å². The lowest BCUT2D eigenvalue weighted by Crippen LogP contribution is -2.50. The minimum absolute atomic E-state index is 0.155. The Morgan fingerprint density at radius 3 is 2.31 bits per heavy atom. The van der Waals surface area contributed by atoms with Crippen LogP contribution in [0.25, 0.3) is 0 Å². The Hall–Kier alpha value is -0.810. The van der Waals surface area contributed by atoms with Crippen molar-refractivity contribution in [3.05, 3.63) is 0 Å². The van der Waals surface area contributed by atoms with Crippen molar-refractivity contribution >= 4 is 5.97 Å². The van der Waals surface area contributed by atoms with E-state index in [1.54, 1.807) is 7.11 Å². The molecule has 0 saturated carbocycles. The Morgan fingerprint density at radius 2 is 1.74 bits per heavy atom. The molecule has 0 aromatic rings. The van der Waals surface area contributed by atoms with E-state index in [4.69, 9.17) is 28.4 Å². The first-order valence-corrected chi connectivity index (χ1v) is 13.1. The van der Waals surface area contributed by atoms with Gasteiger partial charge in [0.25, 0.3) is 0 Å². The van der Waals surface area contributed by atoms with Crippen molar-refractivity contribution in [1.29, 1.82) is 0 Å². The molecule has 0 bridgehead atoms. The van der Waals surface area contributed by atoms with Gasteiger partial charge in [0.1, 0.15) is 11.7 Å². The van der Waals surface area contributed by atoms with Gasteiger partial charge in [-0.2, -0.15) is 0 Å². The highest BCUT2D eigenvalue weighted by molar-refractivity contribution is 5.72. The van der Waals surface area contributed by atoms with Gasteiger partial charge in [0, 0.05) is 31.3 Å². The highest BCUT2D eigenvalue weighted by Crippen LogP contribution is 2.48. The molecule has 11 atom stereocenters. The third-order valence-corrected chi connectivity index (χ3v) is 9.27. The summed E-state index contributed by atoms with van der Waals surface area (Å²) in [6.45, 7) is 12.7. The number of aliphatic hydroxyl groups is 2. The normalized spacial score (nSPS) is 44.8. The molecule has 0 spiro atoms. The Bertz CT molecular complexity index is 770. The van der Waals surface area contributed by atoms with Crippen molar-refractivity contribution in [3.63, 3.8) is 0 Å². The highest BCUT2D eigenvalue weighted by Gasteiger charge is 2.59. The Labute approximate surface area is 208 Å². The largest absolute Gasteiger partial charge is 0.457 e. The molecule has 4 aliphatic heterocycles. The number of carbonyl (C=O) groups is 1. The predicted molar refractivity (Wildman–Crippen MR) is 126 cm³/mol. The molecular weight excluding hydrogens is 456 g/mol. The molecule has 0 aromatic carbocycles. The molecule has 4 heterocycles. The minimum atomic E-state index is -0.969. The predicted octanol–water partition coefficient (Wildman–Crippen LogP) is 2.20. The summed E-state index contributed by atoms with van der Waals surface area (Å²) in [5, 5.41) is 22.5. The van der Waals surface area contributed by atoms with E-state index in [0.717, 1.165) is 12.8 Å². The molecule has 0 amide bonds. The van der Waals surface area contributed by atoms with E-state index in [1.807, 2.05) is 41.5 Å². The van der Waals surface area contributed by atoms with Crippen LogP contribution < -0.4 is 0 Å². The first-order valence-electron chi connectivity index (χ1n) is 13.1. The van der Waals surface area contributed by atoms with E-state index in [1.165, 1.54) is 0 Å². The van der Waals surface area contributed by atoms with E-state index in [-0.39, 0.29) is 35.9 Å². The topological polar surface area (TPSA) is 113 Å². The van der Waals surface area contributed by atoms with Crippen LogP contribution in [0.3, 0.4) is 0 Å². The number of esters is 1. The van der Waals surface area contributed by atoms with E-state index < -0.39 is 41.4 Å². The molecule has 4 fully saturated rings. The van der Waals surface area contributed by atoms with Crippen LogP contribution >= 0.6 is 0 Å². The van der Waals surface area contributed by atoms with Gasteiger partial charge >= 0.3 is 5.97 Å². The second kappa shape index (κ2) is 9.82. The number of aliphatic hydroxyl groups excluding tert-OH is 2. The van der Waals surface area contributed by atoms with Gasteiger partial charge in [-0.25, -0.2) is 0 Å². The summed E-state index contributed by atoms with van der Waals surface area (Å²) >= 11 is 0. The molecule has 35 heavy (non-hydrogen) atoms. The van der Waals surface area contributed by atoms with Gasteiger partial charge in [0.05, 0.1) is 49.3 Å². The summed E-state index contributed by atoms with van der Waals surface area (Å²) in [5.74, 6) is -1.74. The van der Waals surface area contributed by atoms with E-state index in [2.05, 4.69) is 0 Å². The maximum Gasteiger partial charge on any atom is 0.306 e. The zero-order valence-corrected chi connectivity index (χ0v) is 22.2. The number of cyclic esters (lactones) is 1. The van der Waals surface area contributed by atoms with Crippen LogP contribution in [0.15, 0.2) is 0 Å². The number of rotatable bonds is 8. The number of carbonyl (C=O) groups excluding carboxylic acids is 1. The lowest BCUT2D eigenvalue weighted by molar-refractivity contribution is -0.219. The van der Waals surface area contributed by atoms with Gasteiger partial charge in [0.15, 0.2) is 5.79 Å². The van der Waals surface area contributed by atoms with Crippen LogP contribution in [0.1, 0.15) is 67.2 Å². The van der Waals surface area contributed by atoms with E-state index in [0.29, 0.717) is 26.1 Å². The summed E-state index contributed by atoms with van der Waals surface area (Å²) in [7, 11) is 1.62. The minimum Gasteiger partial charge on any atom is -0.457 e. The molecule has 9 heteroatoms. The monoisotopic (exact) mass is 500 g/mol. The molecule has 2 N–H and O–H groups in total. The number of ether oxygens (including phenoxy) is 6. The quantitative estimate of drug-likeness (QED) is 0.484. The average Bonchev–Trinajstić information content (AvgIpc) is 3.58. The summed E-state index contributed by atoms with van der Waals surface area (Å²) in [4.78, 5) is 11.8. The maximum atomic E-state index is 11.8. The lowest BCUT2D eigenvalue weighted by Gasteiger charge is -2.40. The smallest absolute Gasteiger partial charge is 0.306 e. The molecule has 0 unspecified atom stereocenters. The molecule has 9 nitrogen and oxygen atoms in total. The van der Waals surface area contributed by atoms with E-state index >= 15 is 0 Å². The Morgan fingerprint density at radius 1 is 1.09 bits per heavy atom. The van der Waals surface area contributed by atoms with Gasteiger partial charge < -0.3 is 38.6 Å². The standard InChI is InChI=1S/C26H44O9/c1-14(21(30-7)16(3)26(6)31-12-13-32-26)19(28)22-20(29)15(2)23(33-22)25(5)10-8-17(34-25)24(4)11-9-18(27)35-24/h14-17,19-23,28-29H,8-13H2,1-7H3/t14-,15+,16-,17-,19-,20-,21+,22+,23-,24+,25+/m1/s1. The van der Waals surface area contributed by atoms with Crippen molar-refractivity contribution < 1.29 is 43.4 Å². The van der Waals surface area contributed by atoms with Gasteiger partial charge in [-0.15, -0.1) is 0 Å². The molecule has 0 radical (unpaired) electrons. The lowest BCUT2D eigenvalue weighted by atomic mass is 9.80. The summed E-state index contributed by atoms with van der Waals surface area (Å²) in [6, 6.07) is 0. The fourth-order valence-corrected chi connectivity index (χ4v) is 6.73. The third-order valence-electron chi connectivity index (χ3n) is 9.27. The zero-order valence-electron chi connectivity index (χ0n) is 22.2. The van der Waals surface area contributed by atoms with E-state index in [9.17, 15) is 15.0 Å². The molecule has 4 saturated heterocycles. The van der Waals surface area contributed by atoms with Crippen LogP contribution in [0.5, 0.6) is 0 Å². The highest BCUT2D eigenvalue weighted by atomic mass is 16.7. The number of hydrogen-bond acceptors (Lipinski definition) is 9. The fraction of sp³-hybridized carbons (Fsp3) is 0.962. The van der Waals surface area contributed by atoms with Crippen molar-refractivity contribution in [2.75, 3.05) is 20.3 Å². The average molecular weight is 501 g/mol. The number of methoxy groups -OCH3 is 1. The summed E-state index contributed by atoms with van der Waals surface area (Å²) in [6.07, 6.45) is -1.12. The van der Waals surface area contributed by atoms with Crippen LogP contribution in [-0.4, -0.2) is 90.1 Å². The van der Waals surface area contributed by atoms with Crippen molar-refractivity contribution in [2.45, 2.75) is 121 Å². The van der Waals surface area contributed by atoms with Crippen LogP contribution in [0.2, 0.25) is 0 Å². The third kappa shape index (κ3) is 4.78. The van der Waals surface area contributed by atoms with Crippen molar-refractivity contribution in [1.82, 2.24) is 0 Å². The summed E-state index contributed by atoms with van der Waals surface area (Å²) in [5.41, 5.74) is -1.29. The SMILES string of the molecule is CO[C@@H]([C@H](C)[C@@H](O)[C@@H]1O[C@@H]([C@]2(C)CC[C@H]([C@]3(C)CCC(=O)O3)O2)[C@@H](C)[C@H]1O)[C@@H](C)C1(C)OCCO1. The van der Waals surface area contributed by atoms with Gasteiger partial charge in [-0.3, -0.25) is 4.79 Å². The fourth-order valence-electron chi connectivity index (χ4n) is 6.73. The molecular formula is C26H44O9. The van der Waals surface area contributed by atoms with Crippen molar-refractivity contribution in [2.24, 2.45) is 17.8 Å². The second-order valence-corrected chi connectivity index (χ2v) is 11.7. The first kappa shape index (κ1) is 27.2. The molecule has 0 aliphatic carbocycles. The molecule has 0 aromatic heterocycles. The second-order valence-electron chi connectivity index (χ2n) is 11.7. The van der Waals surface area contributed by atoms with Crippen LogP contribution in [0, 0.1) is 17.8 Å². The van der Waals surface area contributed by atoms with Gasteiger partial charge in [-0.05, 0) is 40.0 Å². The van der Waals surface area contributed by atoms with Gasteiger partial charge in [0.2, 0.25) is 0 Å². The summed E-state index contributed by atoms with van der Waals surface area (Å²) < 4.78 is 36.0. The van der Waals surface area contributed by atoms with Crippen molar-refractivity contribution in [3.8, 4) is 0 Å². The maximum absolute atomic E-state index is 11.8. The van der Waals surface area contributed by atoms with Gasteiger partial charge in [-0.1, -0.05) is 20.8 Å².